The van der Waals surface area contributed by atoms with Crippen LogP contribution in [0, 0.1) is 28.5 Å². The second-order valence-corrected chi connectivity index (χ2v) is 13.7. The summed E-state index contributed by atoms with van der Waals surface area (Å²) >= 11 is 0. The Bertz CT molecular complexity index is 1230. The van der Waals surface area contributed by atoms with E-state index in [9.17, 15) is 12.6 Å². The van der Waals surface area contributed by atoms with Crippen LogP contribution in [0.3, 0.4) is 0 Å². The zero-order valence-corrected chi connectivity index (χ0v) is 21.8. The Balaban J connectivity index is 1.65. The average Bonchev–Trinajstić information content (AvgIpc) is 3.21. The molecule has 0 radical (unpaired) electrons. The van der Waals surface area contributed by atoms with E-state index in [1.165, 1.54) is 22.7 Å². The van der Waals surface area contributed by atoms with Crippen LogP contribution in [0.15, 0.2) is 52.3 Å². The highest BCUT2D eigenvalue weighted by atomic mass is 32.2. The fraction of sp³-hybridized carbons (Fsp3) is 0.520. The van der Waals surface area contributed by atoms with Crippen molar-refractivity contribution in [2.45, 2.75) is 37.0 Å². The van der Waals surface area contributed by atoms with Crippen LogP contribution in [-0.2, 0) is 30.9 Å². The first kappa shape index (κ1) is 25.0. The lowest BCUT2D eigenvalue weighted by molar-refractivity contribution is 0.136. The van der Waals surface area contributed by atoms with Crippen LogP contribution in [0.25, 0.3) is 0 Å². The largest absolute Gasteiger partial charge is 0.492 e. The van der Waals surface area contributed by atoms with Gasteiger partial charge in [0.2, 0.25) is 0 Å². The highest BCUT2D eigenvalue weighted by Gasteiger charge is 2.54. The van der Waals surface area contributed by atoms with E-state index < -0.39 is 19.8 Å². The Morgan fingerprint density at radius 1 is 1.09 bits per heavy atom. The summed E-state index contributed by atoms with van der Waals surface area (Å²) in [7, 11) is -7.16. The molecular formula is C25H34N2O5S2. The molecule has 1 saturated heterocycles. The van der Waals surface area contributed by atoms with Crippen LogP contribution in [0.4, 0.5) is 5.69 Å². The van der Waals surface area contributed by atoms with E-state index in [-0.39, 0.29) is 15.7 Å². The summed E-state index contributed by atoms with van der Waals surface area (Å²) in [6, 6.07) is 11.9. The number of fused-ring (bicyclic) bond motifs is 1. The summed E-state index contributed by atoms with van der Waals surface area (Å²) in [5.74, 6) is 1.82. The summed E-state index contributed by atoms with van der Waals surface area (Å²) in [5.41, 5.74) is 1.71. The molecule has 1 saturated carbocycles. The van der Waals surface area contributed by atoms with Crippen LogP contribution in [-0.4, -0.2) is 45.2 Å². The second-order valence-electron chi connectivity index (χ2n) is 9.74. The molecule has 0 spiro atoms. The Morgan fingerprint density at radius 2 is 1.74 bits per heavy atom. The van der Waals surface area contributed by atoms with Gasteiger partial charge < -0.3 is 9.47 Å². The number of benzene rings is 2. The normalized spacial score (nSPS) is 23.4. The molecule has 4 rings (SSSR count). The van der Waals surface area contributed by atoms with Crippen molar-refractivity contribution in [3.8, 4) is 5.75 Å². The summed E-state index contributed by atoms with van der Waals surface area (Å²) in [6.07, 6.45) is 2.16. The molecule has 0 aromatic heterocycles. The smallest absolute Gasteiger partial charge is 0.264 e. The molecule has 4 atom stereocenters. The summed E-state index contributed by atoms with van der Waals surface area (Å²) in [5, 5.41) is 0. The van der Waals surface area contributed by atoms with E-state index in [1.54, 1.807) is 6.07 Å². The van der Waals surface area contributed by atoms with E-state index in [1.807, 2.05) is 38.1 Å². The molecule has 2 aromatic rings. The van der Waals surface area contributed by atoms with Gasteiger partial charge >= 0.3 is 0 Å². The van der Waals surface area contributed by atoms with Gasteiger partial charge in [-0.25, -0.2) is 17.4 Å². The van der Waals surface area contributed by atoms with Gasteiger partial charge in [0.15, 0.2) is 0 Å². The highest BCUT2D eigenvalue weighted by molar-refractivity contribution is 7.93. The Morgan fingerprint density at radius 3 is 2.29 bits per heavy atom. The maximum Gasteiger partial charge on any atom is 0.264 e. The van der Waals surface area contributed by atoms with Gasteiger partial charge in [0.1, 0.15) is 5.75 Å². The molecule has 0 bridgehead atoms. The third-order valence-electron chi connectivity index (χ3n) is 6.65. The monoisotopic (exact) mass is 506 g/mol. The zero-order chi connectivity index (χ0) is 24.7. The minimum atomic E-state index is -3.95. The number of aryl methyl sites for hydroxylation is 1. The number of nitrogens with one attached hydrogen (secondary N) is 1. The van der Waals surface area contributed by atoms with Crippen LogP contribution < -0.4 is 9.04 Å². The molecule has 2 aliphatic rings. The van der Waals surface area contributed by atoms with Gasteiger partial charge in [-0.3, -0.25) is 4.31 Å². The fourth-order valence-electron chi connectivity index (χ4n) is 4.56. The minimum absolute atomic E-state index is 0.00795. The molecule has 1 N–H and O–H groups in total. The number of hydrogen-bond donors (Lipinski definition) is 1. The van der Waals surface area contributed by atoms with Crippen LogP contribution in [0.1, 0.15) is 26.3 Å². The third-order valence-corrected chi connectivity index (χ3v) is 9.60. The first-order valence-electron chi connectivity index (χ1n) is 11.7. The van der Waals surface area contributed by atoms with Crippen molar-refractivity contribution in [2.24, 2.45) is 23.7 Å². The summed E-state index contributed by atoms with van der Waals surface area (Å²) in [4.78, 5) is 0.120. The summed E-state index contributed by atoms with van der Waals surface area (Å²) in [6.45, 7) is 8.23. The number of nitrogens with zero attached hydrogens (tertiary/aromatic N) is 1. The minimum Gasteiger partial charge on any atom is -0.492 e. The highest BCUT2D eigenvalue weighted by Crippen LogP contribution is 2.50. The lowest BCUT2D eigenvalue weighted by Gasteiger charge is -2.27. The first-order valence-corrected chi connectivity index (χ1v) is 15.1. The van der Waals surface area contributed by atoms with Gasteiger partial charge in [0.25, 0.3) is 10.0 Å². The predicted octanol–water partition coefficient (Wildman–Crippen LogP) is 4.41. The number of sulfonamides is 1. The van der Waals surface area contributed by atoms with E-state index in [2.05, 4.69) is 6.92 Å². The van der Waals surface area contributed by atoms with Crippen LogP contribution in [0.5, 0.6) is 5.75 Å². The molecule has 9 heteroatoms. The number of anilines is 1. The molecule has 186 valence electrons. The molecule has 1 aliphatic heterocycles. The van der Waals surface area contributed by atoms with E-state index in [4.69, 9.17) is 14.3 Å². The molecule has 7 nitrogen and oxygen atoms in total. The van der Waals surface area contributed by atoms with Crippen molar-refractivity contribution >= 4 is 25.4 Å². The van der Waals surface area contributed by atoms with Crippen molar-refractivity contribution in [1.82, 2.24) is 0 Å². The molecule has 2 unspecified atom stereocenters. The number of rotatable bonds is 10. The summed E-state index contributed by atoms with van der Waals surface area (Å²) < 4.78 is 61.2. The second kappa shape index (κ2) is 9.51. The van der Waals surface area contributed by atoms with Crippen molar-refractivity contribution in [2.75, 3.05) is 36.9 Å². The van der Waals surface area contributed by atoms with Crippen molar-refractivity contribution in [1.29, 1.82) is 4.78 Å². The van der Waals surface area contributed by atoms with Gasteiger partial charge in [0.05, 0.1) is 45.0 Å². The standard InChI is InChI=1S/C25H34N2O5S2/c1-5-18-6-8-19(9-7-18)27(13-17(2)3)34(29,30)20-10-11-24(25(12-20)33(4,26)28)32-16-23-21-14-31-15-22(21)23/h6-12,17,21-23,26H,5,13-16H2,1-4H3/t21-,22+,23?,33?. The Labute approximate surface area is 203 Å². The lowest BCUT2D eigenvalue weighted by Crippen LogP contribution is -2.34. The number of hydrogen-bond acceptors (Lipinski definition) is 6. The molecule has 1 heterocycles. The van der Waals surface area contributed by atoms with Crippen LogP contribution in [0.2, 0.25) is 0 Å². The molecule has 1 aliphatic carbocycles. The topological polar surface area (TPSA) is 96.8 Å². The molecular weight excluding hydrogens is 472 g/mol. The van der Waals surface area contributed by atoms with Gasteiger partial charge in [-0.2, -0.15) is 0 Å². The lowest BCUT2D eigenvalue weighted by atomic mass is 10.1. The van der Waals surface area contributed by atoms with E-state index in [0.717, 1.165) is 25.2 Å². The third kappa shape index (κ3) is 5.11. The van der Waals surface area contributed by atoms with Gasteiger partial charge in [-0.1, -0.05) is 32.9 Å². The maximum atomic E-state index is 13.7. The fourth-order valence-corrected chi connectivity index (χ4v) is 7.16. The predicted molar refractivity (Wildman–Crippen MR) is 133 cm³/mol. The van der Waals surface area contributed by atoms with Gasteiger partial charge in [0, 0.05) is 18.7 Å². The van der Waals surface area contributed by atoms with Crippen molar-refractivity contribution in [3.05, 3.63) is 48.0 Å². The van der Waals surface area contributed by atoms with E-state index in [0.29, 0.717) is 42.3 Å². The van der Waals surface area contributed by atoms with Crippen molar-refractivity contribution in [3.63, 3.8) is 0 Å². The van der Waals surface area contributed by atoms with Crippen molar-refractivity contribution < 1.29 is 22.1 Å². The quantitative estimate of drug-likeness (QED) is 0.515. The molecule has 2 fully saturated rings. The maximum absolute atomic E-state index is 13.7. The van der Waals surface area contributed by atoms with E-state index >= 15 is 0 Å². The van der Waals surface area contributed by atoms with Gasteiger partial charge in [-0.05, 0) is 60.1 Å². The number of ether oxygens (including phenoxy) is 2. The molecule has 0 amide bonds. The molecule has 34 heavy (non-hydrogen) atoms. The molecule has 2 aromatic carbocycles. The average molecular weight is 507 g/mol. The van der Waals surface area contributed by atoms with Gasteiger partial charge in [-0.15, -0.1) is 0 Å². The zero-order valence-electron chi connectivity index (χ0n) is 20.2. The SMILES string of the molecule is CCc1ccc(N(CC(C)C)S(=O)(=O)c2ccc(OCC3[C@H]4COC[C@@H]34)c(S(C)(=N)=O)c2)cc1. The Hall–Kier alpha value is -2.10. The van der Waals surface area contributed by atoms with Crippen LogP contribution >= 0.6 is 0 Å². The Kier molecular flexibility index (Phi) is 6.99. The first-order chi connectivity index (χ1) is 16.0.